The van der Waals surface area contributed by atoms with E-state index in [-0.39, 0.29) is 6.61 Å². The van der Waals surface area contributed by atoms with Gasteiger partial charge in [-0.1, -0.05) is 45.1 Å². The number of hydrogen-bond acceptors (Lipinski definition) is 2. The number of aliphatic hydroxyl groups is 1. The van der Waals surface area contributed by atoms with Crippen molar-refractivity contribution in [2.45, 2.75) is 51.7 Å². The van der Waals surface area contributed by atoms with Crippen LogP contribution in [0.5, 0.6) is 0 Å². The highest BCUT2D eigenvalue weighted by molar-refractivity contribution is 6.74. The van der Waals surface area contributed by atoms with Gasteiger partial charge in [0.05, 0.1) is 6.61 Å². The Hall–Kier alpha value is -0.383. The average molecular weight is 282 g/mol. The molecule has 0 aliphatic heterocycles. The molecule has 2 atom stereocenters. The third kappa shape index (κ3) is 4.90. The van der Waals surface area contributed by atoms with Gasteiger partial charge in [-0.15, -0.1) is 0 Å². The molecule has 1 aliphatic rings. The van der Waals surface area contributed by atoms with E-state index < -0.39 is 8.32 Å². The van der Waals surface area contributed by atoms with E-state index in [1.54, 1.807) is 6.08 Å². The minimum absolute atomic E-state index is 0.118. The van der Waals surface area contributed by atoms with E-state index in [1.165, 1.54) is 12.8 Å². The standard InChI is InChI=1S/C16H30O2Si/c1-16(2,3)19(4,5)18-13-15-11-10-14(15)9-7-6-8-12-17/h6-9,14-15,17H,10-13H2,1-5H3/t14-,15-/m0/s1. The van der Waals surface area contributed by atoms with Gasteiger partial charge in [0, 0.05) is 6.61 Å². The van der Waals surface area contributed by atoms with Crippen molar-refractivity contribution in [1.82, 2.24) is 0 Å². The predicted molar refractivity (Wildman–Crippen MR) is 84.7 cm³/mol. The molecule has 0 aromatic carbocycles. The Morgan fingerprint density at radius 2 is 1.89 bits per heavy atom. The summed E-state index contributed by atoms with van der Waals surface area (Å²) in [6.45, 7) is 12.5. The zero-order valence-corrected chi connectivity index (χ0v) is 14.1. The summed E-state index contributed by atoms with van der Waals surface area (Å²) in [6.07, 6.45) is 10.6. The molecule has 1 rings (SSSR count). The van der Waals surface area contributed by atoms with Crippen molar-refractivity contribution >= 4 is 8.32 Å². The van der Waals surface area contributed by atoms with E-state index in [9.17, 15) is 0 Å². The lowest BCUT2D eigenvalue weighted by molar-refractivity contribution is 0.124. The van der Waals surface area contributed by atoms with Crippen molar-refractivity contribution in [3.8, 4) is 0 Å². The van der Waals surface area contributed by atoms with Gasteiger partial charge in [-0.2, -0.15) is 0 Å². The molecular weight excluding hydrogens is 252 g/mol. The minimum atomic E-state index is -1.59. The fourth-order valence-electron chi connectivity index (χ4n) is 1.93. The maximum atomic E-state index is 8.67. The molecule has 0 spiro atoms. The van der Waals surface area contributed by atoms with E-state index in [0.29, 0.717) is 16.9 Å². The Bertz CT molecular complexity index is 326. The molecule has 1 N–H and O–H groups in total. The predicted octanol–water partition coefficient (Wildman–Crippen LogP) is 4.14. The SMILES string of the molecule is CC(C)(C)[Si](C)(C)OC[C@@H]1CC[C@@H]1C=CC=CCO. The topological polar surface area (TPSA) is 29.5 Å². The second-order valence-corrected chi connectivity index (χ2v) is 11.9. The number of aliphatic hydroxyl groups excluding tert-OH is 1. The van der Waals surface area contributed by atoms with Crippen LogP contribution < -0.4 is 0 Å². The maximum Gasteiger partial charge on any atom is 0.191 e. The van der Waals surface area contributed by atoms with Crippen LogP contribution in [0.4, 0.5) is 0 Å². The first-order chi connectivity index (χ1) is 8.78. The normalized spacial score (nSPS) is 25.2. The molecule has 0 aromatic rings. The molecule has 3 heteroatoms. The Labute approximate surface area is 119 Å². The van der Waals surface area contributed by atoms with Gasteiger partial charge in [0.1, 0.15) is 0 Å². The first-order valence-electron chi connectivity index (χ1n) is 7.36. The van der Waals surface area contributed by atoms with E-state index in [1.807, 2.05) is 6.08 Å². The summed E-state index contributed by atoms with van der Waals surface area (Å²) >= 11 is 0. The van der Waals surface area contributed by atoms with Crippen LogP contribution in [0, 0.1) is 11.8 Å². The summed E-state index contributed by atoms with van der Waals surface area (Å²) < 4.78 is 6.30. The van der Waals surface area contributed by atoms with E-state index >= 15 is 0 Å². The number of rotatable bonds is 6. The first-order valence-corrected chi connectivity index (χ1v) is 10.3. The van der Waals surface area contributed by atoms with Gasteiger partial charge in [0.15, 0.2) is 8.32 Å². The molecule has 0 heterocycles. The van der Waals surface area contributed by atoms with Crippen molar-refractivity contribution in [2.75, 3.05) is 13.2 Å². The van der Waals surface area contributed by atoms with Crippen molar-refractivity contribution < 1.29 is 9.53 Å². The molecule has 1 aliphatic carbocycles. The van der Waals surface area contributed by atoms with Crippen molar-refractivity contribution in [3.05, 3.63) is 24.3 Å². The van der Waals surface area contributed by atoms with Gasteiger partial charge >= 0.3 is 0 Å². The minimum Gasteiger partial charge on any atom is -0.417 e. The van der Waals surface area contributed by atoms with Crippen LogP contribution in [-0.4, -0.2) is 26.6 Å². The van der Waals surface area contributed by atoms with Crippen LogP contribution in [0.1, 0.15) is 33.6 Å². The van der Waals surface area contributed by atoms with Crippen molar-refractivity contribution in [3.63, 3.8) is 0 Å². The molecule has 0 radical (unpaired) electrons. The van der Waals surface area contributed by atoms with Crippen LogP contribution >= 0.6 is 0 Å². The number of allylic oxidation sites excluding steroid dienone is 3. The van der Waals surface area contributed by atoms with E-state index in [0.717, 1.165) is 6.61 Å². The molecule has 0 aromatic heterocycles. The van der Waals surface area contributed by atoms with Crippen molar-refractivity contribution in [2.24, 2.45) is 11.8 Å². The summed E-state index contributed by atoms with van der Waals surface area (Å²) in [5.74, 6) is 1.35. The van der Waals surface area contributed by atoms with Crippen LogP contribution in [-0.2, 0) is 4.43 Å². The Morgan fingerprint density at radius 3 is 2.37 bits per heavy atom. The van der Waals surface area contributed by atoms with Gasteiger partial charge < -0.3 is 9.53 Å². The molecule has 1 fully saturated rings. The van der Waals surface area contributed by atoms with Gasteiger partial charge in [-0.3, -0.25) is 0 Å². The van der Waals surface area contributed by atoms with Gasteiger partial charge in [0.25, 0.3) is 0 Å². The van der Waals surface area contributed by atoms with Gasteiger partial charge in [0.2, 0.25) is 0 Å². The second kappa shape index (κ2) is 6.87. The van der Waals surface area contributed by atoms with Crippen molar-refractivity contribution in [1.29, 1.82) is 0 Å². The highest BCUT2D eigenvalue weighted by atomic mass is 28.4. The van der Waals surface area contributed by atoms with Crippen LogP contribution in [0.3, 0.4) is 0 Å². The summed E-state index contributed by atoms with van der Waals surface area (Å²) in [6, 6.07) is 0. The fraction of sp³-hybridized carbons (Fsp3) is 0.750. The highest BCUT2D eigenvalue weighted by Crippen LogP contribution is 2.40. The lowest BCUT2D eigenvalue weighted by Gasteiger charge is -2.41. The third-order valence-electron chi connectivity index (χ3n) is 4.65. The molecule has 2 nitrogen and oxygen atoms in total. The quantitative estimate of drug-likeness (QED) is 0.586. The smallest absolute Gasteiger partial charge is 0.191 e. The summed E-state index contributed by atoms with van der Waals surface area (Å²) in [5, 5.41) is 8.97. The maximum absolute atomic E-state index is 8.67. The van der Waals surface area contributed by atoms with Gasteiger partial charge in [-0.25, -0.2) is 0 Å². The molecule has 0 unspecified atom stereocenters. The molecule has 0 saturated heterocycles. The monoisotopic (exact) mass is 282 g/mol. The van der Waals surface area contributed by atoms with Gasteiger partial charge in [-0.05, 0) is 42.8 Å². The van der Waals surface area contributed by atoms with E-state index in [4.69, 9.17) is 9.53 Å². The Kier molecular flexibility index (Phi) is 6.02. The highest BCUT2D eigenvalue weighted by Gasteiger charge is 2.39. The Balaban J connectivity index is 2.38. The molecule has 0 amide bonds. The zero-order chi connectivity index (χ0) is 14.5. The lowest BCUT2D eigenvalue weighted by Crippen LogP contribution is -2.43. The lowest BCUT2D eigenvalue weighted by atomic mass is 9.74. The molecule has 1 saturated carbocycles. The Morgan fingerprint density at radius 1 is 1.21 bits per heavy atom. The molecule has 0 bridgehead atoms. The van der Waals surface area contributed by atoms with Crippen LogP contribution in [0.15, 0.2) is 24.3 Å². The molecular formula is C16H30O2Si. The first kappa shape index (κ1) is 16.7. The fourth-order valence-corrected chi connectivity index (χ4v) is 3.00. The average Bonchev–Trinajstić information content (AvgIpc) is 2.25. The summed E-state index contributed by atoms with van der Waals surface area (Å²) in [7, 11) is -1.59. The summed E-state index contributed by atoms with van der Waals surface area (Å²) in [4.78, 5) is 0. The molecule has 110 valence electrons. The van der Waals surface area contributed by atoms with Crippen LogP contribution in [0.2, 0.25) is 18.1 Å². The zero-order valence-electron chi connectivity index (χ0n) is 13.1. The summed E-state index contributed by atoms with van der Waals surface area (Å²) in [5.41, 5.74) is 0. The molecule has 19 heavy (non-hydrogen) atoms. The second-order valence-electron chi connectivity index (χ2n) is 7.07. The third-order valence-corrected chi connectivity index (χ3v) is 9.15. The van der Waals surface area contributed by atoms with E-state index in [2.05, 4.69) is 46.0 Å². The largest absolute Gasteiger partial charge is 0.417 e. The number of hydrogen-bond donors (Lipinski definition) is 1. The van der Waals surface area contributed by atoms with Crippen LogP contribution in [0.25, 0.3) is 0 Å².